The highest BCUT2D eigenvalue weighted by Gasteiger charge is 2.30. The summed E-state index contributed by atoms with van der Waals surface area (Å²) in [6.07, 6.45) is 3.17. The lowest BCUT2D eigenvalue weighted by molar-refractivity contribution is -0.142. The number of carboxylic acids is 1. The van der Waals surface area contributed by atoms with Crippen LogP contribution in [0.4, 0.5) is 0 Å². The maximum atomic E-state index is 12.1. The van der Waals surface area contributed by atoms with Gasteiger partial charge in [0, 0.05) is 19.7 Å². The number of rotatable bonds is 7. The molecule has 0 spiro atoms. The van der Waals surface area contributed by atoms with Gasteiger partial charge in [0.2, 0.25) is 0 Å². The van der Waals surface area contributed by atoms with Crippen molar-refractivity contribution in [3.05, 3.63) is 41.5 Å². The molecule has 0 bridgehead atoms. The zero-order valence-electron chi connectivity index (χ0n) is 12.6. The highest BCUT2D eigenvalue weighted by molar-refractivity contribution is 5.85. The van der Waals surface area contributed by atoms with Gasteiger partial charge in [-0.05, 0) is 36.6 Å². The van der Waals surface area contributed by atoms with Crippen LogP contribution in [0, 0.1) is 0 Å². The minimum atomic E-state index is -0.993. The number of methoxy groups -OCH3 is 1. The number of benzene rings is 1. The Morgan fingerprint density at radius 1 is 1.43 bits per heavy atom. The summed E-state index contributed by atoms with van der Waals surface area (Å²) in [5, 5.41) is 11.4. The molecule has 0 aliphatic carbocycles. The minimum absolute atomic E-state index is 0.168. The van der Waals surface area contributed by atoms with Gasteiger partial charge in [-0.2, -0.15) is 0 Å². The number of aliphatic carboxylic acids is 1. The summed E-state index contributed by atoms with van der Waals surface area (Å²) in [5.74, 6) is -1.16. The van der Waals surface area contributed by atoms with Crippen LogP contribution in [0.5, 0.6) is 0 Å². The van der Waals surface area contributed by atoms with Crippen LogP contribution in [-0.4, -0.2) is 29.7 Å². The molecule has 1 aromatic rings. The quantitative estimate of drug-likeness (QED) is 0.755. The van der Waals surface area contributed by atoms with E-state index in [0.29, 0.717) is 13.0 Å². The number of carbonyl (C=O) groups excluding carboxylic acids is 1. The van der Waals surface area contributed by atoms with Crippen molar-refractivity contribution in [1.82, 2.24) is 5.32 Å². The van der Waals surface area contributed by atoms with E-state index < -0.39 is 11.6 Å². The summed E-state index contributed by atoms with van der Waals surface area (Å²) in [5.41, 5.74) is 0.834. The molecule has 2 N–H and O–H groups in total. The van der Waals surface area contributed by atoms with Gasteiger partial charge in [-0.1, -0.05) is 25.1 Å². The Balaban J connectivity index is 2.70. The first-order chi connectivity index (χ1) is 9.91. The summed E-state index contributed by atoms with van der Waals surface area (Å²) in [4.78, 5) is 22.6. The van der Waals surface area contributed by atoms with Crippen molar-refractivity contribution in [3.8, 4) is 0 Å². The number of ether oxygens (including phenoxy) is 1. The average molecular weight is 291 g/mol. The van der Waals surface area contributed by atoms with E-state index in [1.165, 1.54) is 13.2 Å². The summed E-state index contributed by atoms with van der Waals surface area (Å²) >= 11 is 0. The first-order valence-corrected chi connectivity index (χ1v) is 6.74. The van der Waals surface area contributed by atoms with E-state index in [2.05, 4.69) is 5.32 Å². The van der Waals surface area contributed by atoms with Crippen molar-refractivity contribution in [1.29, 1.82) is 0 Å². The Morgan fingerprint density at radius 3 is 2.71 bits per heavy atom. The number of hydrogen-bond donors (Lipinski definition) is 2. The van der Waals surface area contributed by atoms with Crippen LogP contribution in [0.2, 0.25) is 0 Å². The SMILES string of the molecule is CCC(C)(OC)C(=O)NCc1cccc(/C=C/C(=O)O)c1. The van der Waals surface area contributed by atoms with Gasteiger partial charge in [0.05, 0.1) is 0 Å². The standard InChI is InChI=1S/C16H21NO4/c1-4-16(2,21-3)15(20)17-11-13-7-5-6-12(10-13)8-9-14(18)19/h5-10H,4,11H2,1-3H3,(H,17,20)(H,18,19)/b9-8+. The first-order valence-electron chi connectivity index (χ1n) is 6.74. The smallest absolute Gasteiger partial charge is 0.328 e. The maximum Gasteiger partial charge on any atom is 0.328 e. The van der Waals surface area contributed by atoms with E-state index in [9.17, 15) is 9.59 Å². The Hall–Kier alpha value is -2.14. The Labute approximate surface area is 124 Å². The molecule has 1 aromatic carbocycles. The monoisotopic (exact) mass is 291 g/mol. The van der Waals surface area contributed by atoms with E-state index in [0.717, 1.165) is 17.2 Å². The van der Waals surface area contributed by atoms with E-state index in [4.69, 9.17) is 9.84 Å². The van der Waals surface area contributed by atoms with Crippen molar-refractivity contribution < 1.29 is 19.4 Å². The molecule has 0 fully saturated rings. The lowest BCUT2D eigenvalue weighted by atomic mass is 10.0. The van der Waals surface area contributed by atoms with Crippen molar-refractivity contribution in [3.63, 3.8) is 0 Å². The number of nitrogens with one attached hydrogen (secondary N) is 1. The van der Waals surface area contributed by atoms with Gasteiger partial charge < -0.3 is 15.2 Å². The largest absolute Gasteiger partial charge is 0.478 e. The molecule has 0 aliphatic heterocycles. The first kappa shape index (κ1) is 16.9. The molecule has 0 saturated heterocycles. The van der Waals surface area contributed by atoms with E-state index in [-0.39, 0.29) is 5.91 Å². The maximum absolute atomic E-state index is 12.1. The van der Waals surface area contributed by atoms with Crippen LogP contribution in [0.15, 0.2) is 30.3 Å². The van der Waals surface area contributed by atoms with Crippen molar-refractivity contribution in [2.75, 3.05) is 7.11 Å². The molecule has 0 heterocycles. The van der Waals surface area contributed by atoms with Gasteiger partial charge >= 0.3 is 5.97 Å². The van der Waals surface area contributed by atoms with Crippen LogP contribution >= 0.6 is 0 Å². The molecule has 0 aliphatic rings. The van der Waals surface area contributed by atoms with Crippen molar-refractivity contribution >= 4 is 18.0 Å². The van der Waals surface area contributed by atoms with Crippen molar-refractivity contribution in [2.45, 2.75) is 32.4 Å². The normalized spacial score (nSPS) is 13.9. The predicted octanol–water partition coefficient (Wildman–Crippen LogP) is 2.22. The molecule has 5 nitrogen and oxygen atoms in total. The molecule has 1 rings (SSSR count). The van der Waals surface area contributed by atoms with Crippen LogP contribution in [0.1, 0.15) is 31.4 Å². The second-order valence-electron chi connectivity index (χ2n) is 4.89. The molecule has 0 aromatic heterocycles. The number of amides is 1. The van der Waals surface area contributed by atoms with E-state index >= 15 is 0 Å². The van der Waals surface area contributed by atoms with Gasteiger partial charge in [-0.15, -0.1) is 0 Å². The van der Waals surface area contributed by atoms with Gasteiger partial charge in [0.15, 0.2) is 0 Å². The van der Waals surface area contributed by atoms with Crippen LogP contribution in [0.25, 0.3) is 6.08 Å². The summed E-state index contributed by atoms with van der Waals surface area (Å²) in [7, 11) is 1.51. The second-order valence-corrected chi connectivity index (χ2v) is 4.89. The highest BCUT2D eigenvalue weighted by Crippen LogP contribution is 2.14. The molecule has 21 heavy (non-hydrogen) atoms. The third kappa shape index (κ3) is 5.04. The Morgan fingerprint density at radius 2 is 2.14 bits per heavy atom. The highest BCUT2D eigenvalue weighted by atomic mass is 16.5. The van der Waals surface area contributed by atoms with E-state index in [1.807, 2.05) is 25.1 Å². The Bertz CT molecular complexity index is 533. The lowest BCUT2D eigenvalue weighted by Gasteiger charge is -2.25. The summed E-state index contributed by atoms with van der Waals surface area (Å²) in [6.45, 7) is 4.00. The molecule has 0 radical (unpaired) electrons. The zero-order valence-corrected chi connectivity index (χ0v) is 12.6. The number of hydrogen-bond acceptors (Lipinski definition) is 3. The molecule has 1 amide bonds. The second kappa shape index (κ2) is 7.59. The summed E-state index contributed by atoms with van der Waals surface area (Å²) < 4.78 is 5.24. The summed E-state index contributed by atoms with van der Waals surface area (Å²) in [6, 6.07) is 7.32. The van der Waals surface area contributed by atoms with Gasteiger partial charge in [-0.25, -0.2) is 4.79 Å². The molecule has 1 unspecified atom stereocenters. The van der Waals surface area contributed by atoms with Gasteiger partial charge in [0.25, 0.3) is 5.91 Å². The zero-order chi connectivity index (χ0) is 15.9. The van der Waals surface area contributed by atoms with Gasteiger partial charge in [0.1, 0.15) is 5.60 Å². The number of carbonyl (C=O) groups is 2. The van der Waals surface area contributed by atoms with Crippen molar-refractivity contribution in [2.24, 2.45) is 0 Å². The third-order valence-electron chi connectivity index (χ3n) is 3.43. The molecular weight excluding hydrogens is 270 g/mol. The molecule has 5 heteroatoms. The molecular formula is C16H21NO4. The number of carboxylic acid groups (broad SMARTS) is 1. The minimum Gasteiger partial charge on any atom is -0.478 e. The van der Waals surface area contributed by atoms with Crippen LogP contribution < -0.4 is 5.32 Å². The predicted molar refractivity (Wildman–Crippen MR) is 80.7 cm³/mol. The van der Waals surface area contributed by atoms with Crippen LogP contribution in [0.3, 0.4) is 0 Å². The third-order valence-corrected chi connectivity index (χ3v) is 3.43. The van der Waals surface area contributed by atoms with Gasteiger partial charge in [-0.3, -0.25) is 4.79 Å². The van der Waals surface area contributed by atoms with Crippen LogP contribution in [-0.2, 0) is 20.9 Å². The fourth-order valence-corrected chi connectivity index (χ4v) is 1.74. The molecule has 0 saturated carbocycles. The van der Waals surface area contributed by atoms with E-state index in [1.54, 1.807) is 13.0 Å². The topological polar surface area (TPSA) is 75.6 Å². The molecule has 1 atom stereocenters. The fraction of sp³-hybridized carbons (Fsp3) is 0.375. The Kier molecular flexibility index (Phi) is 6.11. The fourth-order valence-electron chi connectivity index (χ4n) is 1.74. The lowest BCUT2D eigenvalue weighted by Crippen LogP contribution is -2.45. The molecule has 114 valence electrons. The average Bonchev–Trinajstić information content (AvgIpc) is 2.50.